The summed E-state index contributed by atoms with van der Waals surface area (Å²) in [6, 6.07) is 4.87. The summed E-state index contributed by atoms with van der Waals surface area (Å²) in [7, 11) is 0. The minimum Gasteiger partial charge on any atom is -0.479 e. The molecule has 27 heavy (non-hydrogen) atoms. The van der Waals surface area contributed by atoms with Crippen LogP contribution in [0.4, 0.5) is 8.78 Å². The van der Waals surface area contributed by atoms with Gasteiger partial charge in [-0.1, -0.05) is 18.1 Å². The molecule has 0 N–H and O–H groups in total. The monoisotopic (exact) mass is 380 g/mol. The molecule has 2 heterocycles. The third kappa shape index (κ3) is 4.82. The van der Waals surface area contributed by atoms with Gasteiger partial charge in [0.25, 0.3) is 5.91 Å². The number of ether oxygens (including phenoxy) is 2. The highest BCUT2D eigenvalue weighted by Gasteiger charge is 2.27. The van der Waals surface area contributed by atoms with Gasteiger partial charge in [-0.2, -0.15) is 0 Å². The zero-order chi connectivity index (χ0) is 19.2. The fourth-order valence-electron chi connectivity index (χ4n) is 2.95. The Hall–Kier alpha value is -2.48. The summed E-state index contributed by atoms with van der Waals surface area (Å²) >= 11 is 0. The number of piperidine rings is 1. The molecule has 1 atom stereocenters. The third-order valence-electron chi connectivity index (χ3n) is 4.28. The van der Waals surface area contributed by atoms with Crippen molar-refractivity contribution in [3.63, 3.8) is 0 Å². The number of rotatable bonds is 7. The predicted molar refractivity (Wildman–Crippen MR) is 92.4 cm³/mol. The molecule has 3 rings (SSSR count). The molecule has 1 amide bonds. The average Bonchev–Trinajstić information content (AvgIpc) is 3.14. The number of hydrogen-bond donors (Lipinski definition) is 0. The summed E-state index contributed by atoms with van der Waals surface area (Å²) in [6.45, 7) is 3.62. The lowest BCUT2D eigenvalue weighted by atomic mass is 10.1. The van der Waals surface area contributed by atoms with Crippen molar-refractivity contribution in [3.8, 4) is 5.75 Å². The van der Waals surface area contributed by atoms with Crippen LogP contribution in [0.5, 0.6) is 5.75 Å². The van der Waals surface area contributed by atoms with E-state index in [1.165, 1.54) is 12.1 Å². The van der Waals surface area contributed by atoms with Crippen molar-refractivity contribution >= 4 is 5.91 Å². The number of para-hydroxylation sites is 1. The predicted octanol–water partition coefficient (Wildman–Crippen LogP) is 3.56. The second kappa shape index (κ2) is 8.94. The topological polar surface area (TPSA) is 64.8 Å². The lowest BCUT2D eigenvalue weighted by Gasteiger charge is -2.32. The molecule has 1 saturated heterocycles. The Labute approximate surface area is 156 Å². The molecule has 1 aromatic heterocycles. The molecule has 1 fully saturated rings. The number of aromatic nitrogens is 1. The SMILES string of the molecule is CCCO[C@@H]1CCCN(C(=O)c2cc(COc3c(F)cccc3F)on2)C1. The number of benzene rings is 1. The first-order valence-corrected chi connectivity index (χ1v) is 9.01. The quantitative estimate of drug-likeness (QED) is 0.735. The van der Waals surface area contributed by atoms with Crippen LogP contribution in [0.3, 0.4) is 0 Å². The van der Waals surface area contributed by atoms with E-state index in [2.05, 4.69) is 5.16 Å². The van der Waals surface area contributed by atoms with Crippen molar-refractivity contribution in [3.05, 3.63) is 47.4 Å². The van der Waals surface area contributed by atoms with Crippen LogP contribution < -0.4 is 4.74 Å². The third-order valence-corrected chi connectivity index (χ3v) is 4.28. The van der Waals surface area contributed by atoms with Gasteiger partial charge in [0.15, 0.2) is 28.8 Å². The van der Waals surface area contributed by atoms with Gasteiger partial charge in [-0.15, -0.1) is 0 Å². The first kappa shape index (κ1) is 19.3. The fourth-order valence-corrected chi connectivity index (χ4v) is 2.95. The molecule has 0 bridgehead atoms. The van der Waals surface area contributed by atoms with Crippen molar-refractivity contribution in [2.75, 3.05) is 19.7 Å². The summed E-state index contributed by atoms with van der Waals surface area (Å²) in [6.07, 6.45) is 2.75. The number of halogens is 2. The smallest absolute Gasteiger partial charge is 0.276 e. The second-order valence-electron chi connectivity index (χ2n) is 6.40. The van der Waals surface area contributed by atoms with Crippen LogP contribution in [0.15, 0.2) is 28.8 Å². The average molecular weight is 380 g/mol. The van der Waals surface area contributed by atoms with Crippen LogP contribution >= 0.6 is 0 Å². The number of hydrogen-bond acceptors (Lipinski definition) is 5. The van der Waals surface area contributed by atoms with Gasteiger partial charge in [-0.05, 0) is 31.4 Å². The fraction of sp³-hybridized carbons (Fsp3) is 0.474. The Morgan fingerprint density at radius 1 is 1.37 bits per heavy atom. The first-order valence-electron chi connectivity index (χ1n) is 9.01. The van der Waals surface area contributed by atoms with Gasteiger partial charge in [-0.3, -0.25) is 4.79 Å². The number of carbonyl (C=O) groups is 1. The van der Waals surface area contributed by atoms with Gasteiger partial charge in [0, 0.05) is 25.8 Å². The zero-order valence-electron chi connectivity index (χ0n) is 15.1. The zero-order valence-corrected chi connectivity index (χ0v) is 15.1. The van der Waals surface area contributed by atoms with E-state index < -0.39 is 17.4 Å². The highest BCUT2D eigenvalue weighted by Crippen LogP contribution is 2.22. The minimum atomic E-state index is -0.808. The van der Waals surface area contributed by atoms with Gasteiger partial charge in [0.1, 0.15) is 6.61 Å². The molecule has 0 radical (unpaired) electrons. The minimum absolute atomic E-state index is 0.0291. The normalized spacial score (nSPS) is 17.1. The summed E-state index contributed by atoms with van der Waals surface area (Å²) in [5.41, 5.74) is 0.138. The van der Waals surface area contributed by atoms with Crippen molar-refractivity contribution in [2.45, 2.75) is 38.9 Å². The van der Waals surface area contributed by atoms with E-state index in [0.29, 0.717) is 19.7 Å². The van der Waals surface area contributed by atoms with Gasteiger partial charge in [-0.25, -0.2) is 8.78 Å². The van der Waals surface area contributed by atoms with E-state index in [-0.39, 0.29) is 30.1 Å². The van der Waals surface area contributed by atoms with E-state index in [4.69, 9.17) is 14.0 Å². The van der Waals surface area contributed by atoms with Gasteiger partial charge < -0.3 is 18.9 Å². The number of likely N-dealkylation sites (tertiary alicyclic amines) is 1. The molecule has 1 aliphatic rings. The highest BCUT2D eigenvalue weighted by molar-refractivity contribution is 5.92. The number of carbonyl (C=O) groups excluding carboxylic acids is 1. The van der Waals surface area contributed by atoms with Crippen LogP contribution in [0.1, 0.15) is 42.4 Å². The van der Waals surface area contributed by atoms with Gasteiger partial charge in [0.05, 0.1) is 6.10 Å². The molecule has 0 aliphatic carbocycles. The Kier molecular flexibility index (Phi) is 6.39. The summed E-state index contributed by atoms with van der Waals surface area (Å²) < 4.78 is 43.1. The molecule has 1 aliphatic heterocycles. The molecule has 0 saturated carbocycles. The van der Waals surface area contributed by atoms with E-state index in [1.807, 2.05) is 6.92 Å². The molecule has 6 nitrogen and oxygen atoms in total. The Balaban J connectivity index is 1.59. The molecule has 2 aromatic rings. The molecular formula is C19H22F2N2O4. The van der Waals surface area contributed by atoms with E-state index >= 15 is 0 Å². The van der Waals surface area contributed by atoms with Crippen molar-refractivity contribution in [1.29, 1.82) is 0 Å². The van der Waals surface area contributed by atoms with Crippen LogP contribution in [0, 0.1) is 11.6 Å². The highest BCUT2D eigenvalue weighted by atomic mass is 19.1. The number of nitrogens with zero attached hydrogens (tertiary/aromatic N) is 2. The molecule has 8 heteroatoms. The summed E-state index contributed by atoms with van der Waals surface area (Å²) in [4.78, 5) is 14.3. The molecule has 0 spiro atoms. The standard InChI is InChI=1S/C19H22F2N2O4/c1-2-9-25-13-5-4-8-23(11-13)19(24)17-10-14(27-22-17)12-26-18-15(20)6-3-7-16(18)21/h3,6-7,10,13H,2,4-5,8-9,11-12H2,1H3/t13-/m1/s1. The molecule has 146 valence electrons. The Morgan fingerprint density at radius 2 is 2.15 bits per heavy atom. The molecular weight excluding hydrogens is 358 g/mol. The van der Waals surface area contributed by atoms with E-state index in [9.17, 15) is 13.6 Å². The maximum absolute atomic E-state index is 13.6. The van der Waals surface area contributed by atoms with E-state index in [0.717, 1.165) is 31.4 Å². The van der Waals surface area contributed by atoms with E-state index in [1.54, 1.807) is 4.90 Å². The summed E-state index contributed by atoms with van der Waals surface area (Å²) in [5, 5.41) is 3.76. The Bertz CT molecular complexity index is 761. The van der Waals surface area contributed by atoms with Crippen LogP contribution in [0.2, 0.25) is 0 Å². The second-order valence-corrected chi connectivity index (χ2v) is 6.40. The largest absolute Gasteiger partial charge is 0.479 e. The Morgan fingerprint density at radius 3 is 2.89 bits per heavy atom. The maximum atomic E-state index is 13.6. The number of amides is 1. The van der Waals surface area contributed by atoms with Crippen molar-refractivity contribution < 1.29 is 27.6 Å². The summed E-state index contributed by atoms with van der Waals surface area (Å²) in [5.74, 6) is -2.16. The van der Waals surface area contributed by atoms with Crippen molar-refractivity contribution in [2.24, 2.45) is 0 Å². The van der Waals surface area contributed by atoms with Crippen LogP contribution in [0.25, 0.3) is 0 Å². The lowest BCUT2D eigenvalue weighted by molar-refractivity contribution is 0.00180. The molecule has 0 unspecified atom stereocenters. The maximum Gasteiger partial charge on any atom is 0.276 e. The van der Waals surface area contributed by atoms with Crippen LogP contribution in [-0.2, 0) is 11.3 Å². The first-order chi connectivity index (χ1) is 13.1. The lowest BCUT2D eigenvalue weighted by Crippen LogP contribution is -2.43. The van der Waals surface area contributed by atoms with Crippen molar-refractivity contribution in [1.82, 2.24) is 10.1 Å². The van der Waals surface area contributed by atoms with Crippen LogP contribution in [-0.4, -0.2) is 41.8 Å². The molecule has 1 aromatic carbocycles. The van der Waals surface area contributed by atoms with Gasteiger partial charge >= 0.3 is 0 Å². The van der Waals surface area contributed by atoms with Gasteiger partial charge in [0.2, 0.25) is 0 Å².